The van der Waals surface area contributed by atoms with Gasteiger partial charge < -0.3 is 10.2 Å². The predicted molar refractivity (Wildman–Crippen MR) is 141 cm³/mol. The Morgan fingerprint density at radius 3 is 2.27 bits per heavy atom. The molecule has 1 aliphatic heterocycles. The molecule has 2 fully saturated rings. The summed E-state index contributed by atoms with van der Waals surface area (Å²) >= 11 is 0. The zero-order valence-corrected chi connectivity index (χ0v) is 22.1. The molecule has 2 aromatic heterocycles. The summed E-state index contributed by atoms with van der Waals surface area (Å²) in [5, 5.41) is 11.4. The van der Waals surface area contributed by atoms with Gasteiger partial charge in [0.15, 0.2) is 17.2 Å². The van der Waals surface area contributed by atoms with Crippen LogP contribution in [0.1, 0.15) is 43.6 Å². The number of alkyl halides is 3. The lowest BCUT2D eigenvalue weighted by Crippen LogP contribution is -2.35. The third-order valence-corrected chi connectivity index (χ3v) is 7.77. The molecule has 1 saturated carbocycles. The third-order valence-electron chi connectivity index (χ3n) is 7.77. The number of para-hydroxylation sites is 1. The summed E-state index contributed by atoms with van der Waals surface area (Å²) in [5.41, 5.74) is -2.84. The number of fused-ring (bicyclic) bond motifs is 1. The summed E-state index contributed by atoms with van der Waals surface area (Å²) in [7, 11) is 0. The smallest absolute Gasteiger partial charge is 0.369 e. The van der Waals surface area contributed by atoms with E-state index in [4.69, 9.17) is 0 Å². The Morgan fingerprint density at radius 1 is 0.951 bits per heavy atom. The van der Waals surface area contributed by atoms with Gasteiger partial charge in [-0.15, -0.1) is 0 Å². The van der Waals surface area contributed by atoms with Crippen molar-refractivity contribution in [3.05, 3.63) is 76.3 Å². The van der Waals surface area contributed by atoms with Crippen LogP contribution in [-0.4, -0.2) is 44.7 Å². The first-order valence-corrected chi connectivity index (χ1v) is 13.0. The summed E-state index contributed by atoms with van der Waals surface area (Å²) in [6.07, 6.45) is -2.40. The average Bonchev–Trinajstić information content (AvgIpc) is 3.49. The van der Waals surface area contributed by atoms with Crippen LogP contribution in [0, 0.1) is 17.0 Å². The van der Waals surface area contributed by atoms with Gasteiger partial charge in [-0.2, -0.15) is 28.1 Å². The van der Waals surface area contributed by atoms with Crippen LogP contribution in [0.25, 0.3) is 16.6 Å². The molecule has 6 rings (SSSR count). The Bertz CT molecular complexity index is 1730. The van der Waals surface area contributed by atoms with Crippen LogP contribution in [0.5, 0.6) is 0 Å². The number of nitrogens with zero attached hydrogens (tertiary/aromatic N) is 5. The molecule has 1 amide bonds. The standard InChI is InChI=1S/C28H25F5N6O2/c1-26(2)12-13-37(15-26)23-16-14-38(27(10-11-27)28(31,32)33)35-19(16)6-7-20(23)34-25(41)21-8-9-22(40)39(36-21)24-17(29)4-3-5-18(24)30/h3-9,14H,10-13,15H2,1-2H3,(H,34,41). The Morgan fingerprint density at radius 2 is 1.66 bits per heavy atom. The molecule has 13 heteroatoms. The molecule has 41 heavy (non-hydrogen) atoms. The fourth-order valence-electron chi connectivity index (χ4n) is 5.37. The molecule has 0 unspecified atom stereocenters. The topological polar surface area (TPSA) is 85.1 Å². The van der Waals surface area contributed by atoms with Crippen LogP contribution in [-0.2, 0) is 5.54 Å². The van der Waals surface area contributed by atoms with Gasteiger partial charge in [-0.05, 0) is 55.0 Å². The van der Waals surface area contributed by atoms with E-state index in [1.165, 1.54) is 12.3 Å². The molecule has 0 bridgehead atoms. The number of benzene rings is 2. The minimum absolute atomic E-state index is 0.0653. The summed E-state index contributed by atoms with van der Waals surface area (Å²) in [6.45, 7) is 5.33. The lowest BCUT2D eigenvalue weighted by molar-refractivity contribution is -0.182. The van der Waals surface area contributed by atoms with E-state index in [2.05, 4.69) is 29.4 Å². The number of carbonyl (C=O) groups excluding carboxylic acids is 1. The molecule has 4 aromatic rings. The number of halogens is 5. The van der Waals surface area contributed by atoms with E-state index in [-0.39, 0.29) is 24.0 Å². The third kappa shape index (κ3) is 4.52. The molecule has 2 aliphatic rings. The van der Waals surface area contributed by atoms with Gasteiger partial charge in [0.25, 0.3) is 11.5 Å². The first-order chi connectivity index (χ1) is 19.3. The molecule has 0 radical (unpaired) electrons. The van der Waals surface area contributed by atoms with Crippen LogP contribution in [0.3, 0.4) is 0 Å². The molecular weight excluding hydrogens is 547 g/mol. The molecule has 1 N–H and O–H groups in total. The maximum atomic E-state index is 14.4. The van der Waals surface area contributed by atoms with Crippen molar-refractivity contribution in [2.24, 2.45) is 5.41 Å². The van der Waals surface area contributed by atoms with Gasteiger partial charge >= 0.3 is 6.18 Å². The maximum absolute atomic E-state index is 14.4. The number of hydrogen-bond acceptors (Lipinski definition) is 5. The van der Waals surface area contributed by atoms with Gasteiger partial charge in [0.05, 0.1) is 16.9 Å². The largest absolute Gasteiger partial charge is 0.413 e. The SMILES string of the molecule is CC1(C)CCN(c2c(NC(=O)c3ccc(=O)n(-c4c(F)cccc4F)n3)ccc3nn(C4(C(F)(F)F)CC4)cc23)C1. The van der Waals surface area contributed by atoms with E-state index < -0.39 is 40.5 Å². The number of hydrogen-bond donors (Lipinski definition) is 1. The van der Waals surface area contributed by atoms with Crippen molar-refractivity contribution in [1.29, 1.82) is 0 Å². The Balaban J connectivity index is 1.42. The number of aromatic nitrogens is 4. The molecular formula is C28H25F5N6O2. The quantitative estimate of drug-likeness (QED) is 0.324. The summed E-state index contributed by atoms with van der Waals surface area (Å²) < 4.78 is 71.8. The second kappa shape index (κ2) is 9.11. The molecule has 0 atom stereocenters. The molecule has 8 nitrogen and oxygen atoms in total. The highest BCUT2D eigenvalue weighted by atomic mass is 19.4. The van der Waals surface area contributed by atoms with E-state index >= 15 is 0 Å². The van der Waals surface area contributed by atoms with Crippen LogP contribution >= 0.6 is 0 Å². The maximum Gasteiger partial charge on any atom is 0.413 e. The van der Waals surface area contributed by atoms with Crippen LogP contribution in [0.4, 0.5) is 33.3 Å². The van der Waals surface area contributed by atoms with Crippen LogP contribution < -0.4 is 15.8 Å². The lowest BCUT2D eigenvalue weighted by atomic mass is 9.93. The molecule has 1 aliphatic carbocycles. The second-order valence-electron chi connectivity index (χ2n) is 11.3. The monoisotopic (exact) mass is 572 g/mol. The van der Waals surface area contributed by atoms with Gasteiger partial charge in [0.2, 0.25) is 0 Å². The number of rotatable bonds is 5. The van der Waals surface area contributed by atoms with E-state index in [1.807, 2.05) is 4.90 Å². The van der Waals surface area contributed by atoms with Crippen molar-refractivity contribution >= 4 is 28.2 Å². The molecule has 1 saturated heterocycles. The summed E-state index contributed by atoms with van der Waals surface area (Å²) in [5.74, 6) is -2.85. The predicted octanol–water partition coefficient (Wildman–Crippen LogP) is 5.40. The van der Waals surface area contributed by atoms with Gasteiger partial charge in [0, 0.05) is 30.7 Å². The van der Waals surface area contributed by atoms with Crippen molar-refractivity contribution < 1.29 is 26.7 Å². The average molecular weight is 573 g/mol. The first kappa shape index (κ1) is 26.9. The van der Waals surface area contributed by atoms with Crippen LogP contribution in [0.2, 0.25) is 0 Å². The highest BCUT2D eigenvalue weighted by molar-refractivity contribution is 6.08. The van der Waals surface area contributed by atoms with Crippen molar-refractivity contribution in [3.63, 3.8) is 0 Å². The highest BCUT2D eigenvalue weighted by Crippen LogP contribution is 2.55. The zero-order valence-electron chi connectivity index (χ0n) is 22.1. The Kier molecular flexibility index (Phi) is 5.98. The fraction of sp³-hybridized carbons (Fsp3) is 0.357. The molecule has 214 valence electrons. The van der Waals surface area contributed by atoms with Crippen LogP contribution in [0.15, 0.2) is 53.5 Å². The summed E-state index contributed by atoms with van der Waals surface area (Å²) in [4.78, 5) is 27.7. The van der Waals surface area contributed by atoms with Crippen molar-refractivity contribution in [2.45, 2.75) is 44.8 Å². The van der Waals surface area contributed by atoms with Crippen molar-refractivity contribution in [2.75, 3.05) is 23.3 Å². The minimum Gasteiger partial charge on any atom is -0.369 e. The molecule has 3 heterocycles. The van der Waals surface area contributed by atoms with E-state index in [9.17, 15) is 31.5 Å². The minimum atomic E-state index is -4.46. The second-order valence-corrected chi connectivity index (χ2v) is 11.3. The highest BCUT2D eigenvalue weighted by Gasteiger charge is 2.65. The Hall–Kier alpha value is -4.29. The van der Waals surface area contributed by atoms with E-state index in [0.29, 0.717) is 40.0 Å². The number of nitrogens with one attached hydrogen (secondary N) is 1. The van der Waals surface area contributed by atoms with Gasteiger partial charge in [-0.3, -0.25) is 14.3 Å². The van der Waals surface area contributed by atoms with Gasteiger partial charge in [-0.1, -0.05) is 19.9 Å². The van der Waals surface area contributed by atoms with E-state index in [0.717, 1.165) is 41.4 Å². The van der Waals surface area contributed by atoms with Gasteiger partial charge in [0.1, 0.15) is 11.4 Å². The lowest BCUT2D eigenvalue weighted by Gasteiger charge is -2.25. The summed E-state index contributed by atoms with van der Waals surface area (Å²) in [6, 6.07) is 8.24. The molecule has 2 aromatic carbocycles. The first-order valence-electron chi connectivity index (χ1n) is 13.0. The van der Waals surface area contributed by atoms with Crippen molar-refractivity contribution in [3.8, 4) is 5.69 Å². The van der Waals surface area contributed by atoms with Gasteiger partial charge in [-0.25, -0.2) is 8.78 Å². The molecule has 0 spiro atoms. The number of anilines is 2. The van der Waals surface area contributed by atoms with Crippen molar-refractivity contribution in [1.82, 2.24) is 19.6 Å². The van der Waals surface area contributed by atoms with E-state index in [1.54, 1.807) is 6.07 Å². The fourth-order valence-corrected chi connectivity index (χ4v) is 5.37. The number of carbonyl (C=O) groups is 1. The number of amides is 1. The normalized spacial score (nSPS) is 17.7. The zero-order chi connectivity index (χ0) is 29.3. The Labute approximate surface area is 230 Å².